The van der Waals surface area contributed by atoms with E-state index < -0.39 is 11.8 Å². The lowest BCUT2D eigenvalue weighted by Gasteiger charge is -2.13. The van der Waals surface area contributed by atoms with Crippen molar-refractivity contribution in [2.75, 3.05) is 19.0 Å². The third-order valence-electron chi connectivity index (χ3n) is 3.78. The van der Waals surface area contributed by atoms with Gasteiger partial charge in [-0.25, -0.2) is 9.18 Å². The van der Waals surface area contributed by atoms with Crippen LogP contribution in [0.4, 0.5) is 10.1 Å². The van der Waals surface area contributed by atoms with Gasteiger partial charge in [-0.2, -0.15) is 0 Å². The Morgan fingerprint density at radius 3 is 2.46 bits per heavy atom. The zero-order valence-electron chi connectivity index (χ0n) is 14.2. The van der Waals surface area contributed by atoms with E-state index in [0.29, 0.717) is 21.8 Å². The Balaban J connectivity index is 1.92. The van der Waals surface area contributed by atoms with Crippen LogP contribution in [0.3, 0.4) is 0 Å². The Bertz CT molecular complexity index is 813. The molecule has 5 nitrogen and oxygen atoms in total. The summed E-state index contributed by atoms with van der Waals surface area (Å²) in [5, 5.41) is 4.75. The summed E-state index contributed by atoms with van der Waals surface area (Å²) >= 11 is 11.8. The number of halogens is 3. The van der Waals surface area contributed by atoms with Crippen molar-refractivity contribution in [2.45, 2.75) is 13.0 Å². The lowest BCUT2D eigenvalue weighted by atomic mass is 10.1. The second-order valence-corrected chi connectivity index (χ2v) is 6.45. The van der Waals surface area contributed by atoms with E-state index in [1.165, 1.54) is 19.2 Å². The van der Waals surface area contributed by atoms with Crippen molar-refractivity contribution in [1.82, 2.24) is 0 Å². The fourth-order valence-corrected chi connectivity index (χ4v) is 2.87. The molecule has 8 heteroatoms. The molecule has 1 atom stereocenters. The average Bonchev–Trinajstić information content (AvgIpc) is 2.62. The van der Waals surface area contributed by atoms with E-state index in [9.17, 15) is 14.0 Å². The van der Waals surface area contributed by atoms with E-state index in [-0.39, 0.29) is 23.5 Å². The standard InChI is InChI=1S/C18H17Cl2FN2O3/c1-10(13-7-16(21)15(20)8-14(13)19)22-9-17(24)23-12-5-3-11(4-6-12)18(25)26-2/h3-8,10,22H,9H2,1-2H3,(H,23,24)/p+1/t10-/m1/s1. The molecule has 1 amide bonds. The fourth-order valence-electron chi connectivity index (χ4n) is 2.32. The first-order valence-corrected chi connectivity index (χ1v) is 8.53. The second-order valence-electron chi connectivity index (χ2n) is 5.63. The Morgan fingerprint density at radius 2 is 1.85 bits per heavy atom. The third kappa shape index (κ3) is 5.17. The largest absolute Gasteiger partial charge is 0.465 e. The lowest BCUT2D eigenvalue weighted by Crippen LogP contribution is -2.86. The van der Waals surface area contributed by atoms with Crippen molar-refractivity contribution in [3.63, 3.8) is 0 Å². The normalized spacial score (nSPS) is 11.7. The minimum absolute atomic E-state index is 0.0425. The van der Waals surface area contributed by atoms with Gasteiger partial charge in [-0.1, -0.05) is 23.2 Å². The number of nitrogens with two attached hydrogens (primary N) is 1. The van der Waals surface area contributed by atoms with Crippen LogP contribution in [0, 0.1) is 5.82 Å². The molecule has 3 N–H and O–H groups in total. The smallest absolute Gasteiger partial charge is 0.337 e. The van der Waals surface area contributed by atoms with E-state index in [0.717, 1.165) is 0 Å². The fraction of sp³-hybridized carbons (Fsp3) is 0.222. The number of esters is 1. The number of anilines is 1. The topological polar surface area (TPSA) is 72.0 Å². The van der Waals surface area contributed by atoms with Crippen molar-refractivity contribution in [1.29, 1.82) is 0 Å². The number of benzene rings is 2. The minimum atomic E-state index is -0.554. The van der Waals surface area contributed by atoms with Gasteiger partial charge in [0.2, 0.25) is 0 Å². The summed E-state index contributed by atoms with van der Waals surface area (Å²) in [4.78, 5) is 23.4. The van der Waals surface area contributed by atoms with Gasteiger partial charge in [0.1, 0.15) is 11.9 Å². The van der Waals surface area contributed by atoms with Gasteiger partial charge in [-0.3, -0.25) is 4.79 Å². The molecule has 0 aliphatic rings. The first kappa shape index (κ1) is 20.2. The second kappa shape index (κ2) is 8.98. The minimum Gasteiger partial charge on any atom is -0.465 e. The number of carbonyl (C=O) groups is 2. The van der Waals surface area contributed by atoms with Gasteiger partial charge < -0.3 is 15.4 Å². The summed E-state index contributed by atoms with van der Waals surface area (Å²) in [6.45, 7) is 1.92. The van der Waals surface area contributed by atoms with Crippen LogP contribution in [-0.4, -0.2) is 25.5 Å². The average molecular weight is 400 g/mol. The maximum Gasteiger partial charge on any atom is 0.337 e. The molecule has 2 aromatic rings. The molecule has 0 bridgehead atoms. The van der Waals surface area contributed by atoms with Crippen LogP contribution in [-0.2, 0) is 9.53 Å². The van der Waals surface area contributed by atoms with Crippen molar-refractivity contribution in [2.24, 2.45) is 0 Å². The van der Waals surface area contributed by atoms with Gasteiger partial charge in [0.05, 0.1) is 22.7 Å². The number of nitrogens with one attached hydrogen (secondary N) is 1. The Hall–Kier alpha value is -2.15. The number of hydrogen-bond acceptors (Lipinski definition) is 3. The summed E-state index contributed by atoms with van der Waals surface area (Å²) < 4.78 is 18.2. The number of hydrogen-bond donors (Lipinski definition) is 2. The molecule has 0 aliphatic heterocycles. The summed E-state index contributed by atoms with van der Waals surface area (Å²) in [6, 6.07) is 8.73. The van der Waals surface area contributed by atoms with Crippen LogP contribution in [0.5, 0.6) is 0 Å². The van der Waals surface area contributed by atoms with Crippen molar-refractivity contribution < 1.29 is 24.0 Å². The summed E-state index contributed by atoms with van der Waals surface area (Å²) in [5.41, 5.74) is 1.51. The Kier molecular flexibility index (Phi) is 6.97. The van der Waals surface area contributed by atoms with Gasteiger partial charge >= 0.3 is 5.97 Å². The molecule has 0 saturated heterocycles. The van der Waals surface area contributed by atoms with Gasteiger partial charge in [0.25, 0.3) is 5.91 Å². The molecular formula is C18H18Cl2FN2O3+. The Labute approximate surface area is 160 Å². The predicted octanol–water partition coefficient (Wildman–Crippen LogP) is 3.18. The van der Waals surface area contributed by atoms with Gasteiger partial charge in [0.15, 0.2) is 6.54 Å². The number of ether oxygens (including phenoxy) is 1. The van der Waals surface area contributed by atoms with Crippen LogP contribution in [0.2, 0.25) is 10.0 Å². The molecule has 0 aromatic heterocycles. The molecule has 0 spiro atoms. The lowest BCUT2D eigenvalue weighted by molar-refractivity contribution is -0.682. The van der Waals surface area contributed by atoms with E-state index in [2.05, 4.69) is 10.1 Å². The van der Waals surface area contributed by atoms with E-state index >= 15 is 0 Å². The number of quaternary nitrogens is 1. The molecule has 2 rings (SSSR count). The molecule has 0 saturated carbocycles. The molecule has 0 aliphatic carbocycles. The van der Waals surface area contributed by atoms with Crippen LogP contribution in [0.25, 0.3) is 0 Å². The molecule has 0 unspecified atom stereocenters. The molecule has 0 fully saturated rings. The Morgan fingerprint density at radius 1 is 1.19 bits per heavy atom. The SMILES string of the molecule is COC(=O)c1ccc(NC(=O)C[NH2+][C@H](C)c2cc(F)c(Cl)cc2Cl)cc1. The van der Waals surface area contributed by atoms with Gasteiger partial charge in [0, 0.05) is 11.3 Å². The van der Waals surface area contributed by atoms with E-state index in [4.69, 9.17) is 23.2 Å². The zero-order valence-corrected chi connectivity index (χ0v) is 15.7. The summed E-state index contributed by atoms with van der Waals surface area (Å²) in [6.07, 6.45) is 0. The summed E-state index contributed by atoms with van der Waals surface area (Å²) in [5.74, 6) is -1.24. The van der Waals surface area contributed by atoms with Crippen molar-refractivity contribution >= 4 is 40.8 Å². The highest BCUT2D eigenvalue weighted by molar-refractivity contribution is 6.35. The van der Waals surface area contributed by atoms with Crippen LogP contribution in [0.15, 0.2) is 36.4 Å². The molecular weight excluding hydrogens is 382 g/mol. The maximum absolute atomic E-state index is 13.6. The van der Waals surface area contributed by atoms with E-state index in [1.54, 1.807) is 29.6 Å². The van der Waals surface area contributed by atoms with Crippen LogP contribution >= 0.6 is 23.2 Å². The highest BCUT2D eigenvalue weighted by Crippen LogP contribution is 2.27. The summed E-state index contributed by atoms with van der Waals surface area (Å²) in [7, 11) is 1.30. The molecule has 138 valence electrons. The van der Waals surface area contributed by atoms with Gasteiger partial charge in [-0.15, -0.1) is 0 Å². The van der Waals surface area contributed by atoms with Crippen LogP contribution < -0.4 is 10.6 Å². The van der Waals surface area contributed by atoms with E-state index in [1.807, 2.05) is 6.92 Å². The molecule has 26 heavy (non-hydrogen) atoms. The monoisotopic (exact) mass is 399 g/mol. The highest BCUT2D eigenvalue weighted by Gasteiger charge is 2.17. The molecule has 0 radical (unpaired) electrons. The number of rotatable bonds is 6. The molecule has 2 aromatic carbocycles. The molecule has 0 heterocycles. The van der Waals surface area contributed by atoms with Gasteiger partial charge in [-0.05, 0) is 43.3 Å². The third-order valence-corrected chi connectivity index (χ3v) is 4.39. The number of amides is 1. The number of methoxy groups -OCH3 is 1. The first-order chi connectivity index (χ1) is 12.3. The highest BCUT2D eigenvalue weighted by atomic mass is 35.5. The van der Waals surface area contributed by atoms with Crippen LogP contribution in [0.1, 0.15) is 28.9 Å². The van der Waals surface area contributed by atoms with Crippen molar-refractivity contribution in [3.8, 4) is 0 Å². The maximum atomic E-state index is 13.6. The zero-order chi connectivity index (χ0) is 19.3. The predicted molar refractivity (Wildman–Crippen MR) is 98.0 cm³/mol. The first-order valence-electron chi connectivity index (χ1n) is 7.77. The van der Waals surface area contributed by atoms with Crippen molar-refractivity contribution in [3.05, 3.63) is 63.4 Å². The quantitative estimate of drug-likeness (QED) is 0.578. The number of carbonyl (C=O) groups excluding carboxylic acids is 2.